The van der Waals surface area contributed by atoms with Gasteiger partial charge in [0, 0.05) is 19.6 Å². The summed E-state index contributed by atoms with van der Waals surface area (Å²) in [7, 11) is -3.53. The molecule has 0 atom stereocenters. The summed E-state index contributed by atoms with van der Waals surface area (Å²) in [6, 6.07) is 5.64. The summed E-state index contributed by atoms with van der Waals surface area (Å²) >= 11 is 0. The molecule has 1 aliphatic rings. The van der Waals surface area contributed by atoms with Crippen LogP contribution < -0.4 is 5.32 Å². The molecule has 0 saturated carbocycles. The first-order valence-electron chi connectivity index (χ1n) is 9.34. The number of carbonyl (C=O) groups excluding carboxylic acids is 2. The second kappa shape index (κ2) is 9.85. The van der Waals surface area contributed by atoms with Gasteiger partial charge in [0.2, 0.25) is 10.0 Å². The zero-order chi connectivity index (χ0) is 19.9. The molecule has 0 spiro atoms. The molecule has 1 fully saturated rings. The summed E-state index contributed by atoms with van der Waals surface area (Å²) in [6.45, 7) is 5.35. The van der Waals surface area contributed by atoms with Gasteiger partial charge < -0.3 is 10.1 Å². The quantitative estimate of drug-likeness (QED) is 0.680. The number of ether oxygens (including phenoxy) is 1. The number of rotatable bonds is 8. The fourth-order valence-corrected chi connectivity index (χ4v) is 4.30. The maximum atomic E-state index is 12.6. The van der Waals surface area contributed by atoms with E-state index in [1.807, 2.05) is 0 Å². The molecule has 0 bridgehead atoms. The van der Waals surface area contributed by atoms with E-state index in [4.69, 9.17) is 4.74 Å². The lowest BCUT2D eigenvalue weighted by molar-refractivity contribution is -0.124. The Bertz CT molecular complexity index is 738. The summed E-state index contributed by atoms with van der Waals surface area (Å²) in [4.78, 5) is 23.8. The summed E-state index contributed by atoms with van der Waals surface area (Å²) in [5.41, 5.74) is 0.211. The first-order chi connectivity index (χ1) is 12.8. The minimum atomic E-state index is -3.53. The molecule has 0 aromatic heterocycles. The number of piperidine rings is 1. The number of esters is 1. The molecular formula is C19H28N2O5S. The zero-order valence-electron chi connectivity index (χ0n) is 15.9. The van der Waals surface area contributed by atoms with E-state index in [1.54, 1.807) is 0 Å². The first-order valence-corrected chi connectivity index (χ1v) is 10.8. The molecule has 8 heteroatoms. The lowest BCUT2D eigenvalue weighted by Gasteiger charge is -2.25. The second-order valence-corrected chi connectivity index (χ2v) is 9.04. The number of amides is 1. The molecule has 0 unspecified atom stereocenters. The van der Waals surface area contributed by atoms with Crippen LogP contribution in [0.25, 0.3) is 0 Å². The minimum Gasteiger partial charge on any atom is -0.452 e. The number of hydrogen-bond donors (Lipinski definition) is 1. The average molecular weight is 397 g/mol. The van der Waals surface area contributed by atoms with Crippen molar-refractivity contribution in [2.24, 2.45) is 5.92 Å². The Morgan fingerprint density at radius 2 is 1.74 bits per heavy atom. The van der Waals surface area contributed by atoms with E-state index in [1.165, 1.54) is 28.6 Å². The van der Waals surface area contributed by atoms with Crippen LogP contribution >= 0.6 is 0 Å². The van der Waals surface area contributed by atoms with Crippen LogP contribution in [0, 0.1) is 5.92 Å². The predicted octanol–water partition coefficient (Wildman–Crippen LogP) is 2.18. The fourth-order valence-electron chi connectivity index (χ4n) is 2.78. The van der Waals surface area contributed by atoms with Crippen molar-refractivity contribution in [1.82, 2.24) is 9.62 Å². The molecule has 2 rings (SSSR count). The van der Waals surface area contributed by atoms with Crippen LogP contribution in [0.1, 0.15) is 49.9 Å². The smallest absolute Gasteiger partial charge is 0.338 e. The Balaban J connectivity index is 1.88. The van der Waals surface area contributed by atoms with Crippen molar-refractivity contribution in [3.8, 4) is 0 Å². The first kappa shape index (κ1) is 21.4. The highest BCUT2D eigenvalue weighted by Crippen LogP contribution is 2.21. The maximum Gasteiger partial charge on any atom is 0.338 e. The highest BCUT2D eigenvalue weighted by atomic mass is 32.2. The Morgan fingerprint density at radius 3 is 2.33 bits per heavy atom. The number of sulfonamides is 1. The highest BCUT2D eigenvalue weighted by Gasteiger charge is 2.26. The lowest BCUT2D eigenvalue weighted by atomic mass is 10.1. The van der Waals surface area contributed by atoms with Gasteiger partial charge in [0.1, 0.15) is 0 Å². The molecule has 1 saturated heterocycles. The van der Waals surface area contributed by atoms with Gasteiger partial charge in [-0.1, -0.05) is 20.3 Å². The molecule has 1 aliphatic heterocycles. The normalized spacial score (nSPS) is 15.5. The molecule has 7 nitrogen and oxygen atoms in total. The van der Waals surface area contributed by atoms with Crippen LogP contribution in [0.2, 0.25) is 0 Å². The Kier molecular flexibility index (Phi) is 7.79. The Hall–Kier alpha value is -1.93. The summed E-state index contributed by atoms with van der Waals surface area (Å²) in [5, 5.41) is 2.69. The lowest BCUT2D eigenvalue weighted by Crippen LogP contribution is -2.35. The summed E-state index contributed by atoms with van der Waals surface area (Å²) in [6.07, 6.45) is 3.63. The predicted molar refractivity (Wildman–Crippen MR) is 102 cm³/mol. The third-order valence-corrected chi connectivity index (χ3v) is 6.33. The summed E-state index contributed by atoms with van der Waals surface area (Å²) in [5.74, 6) is -0.531. The number of carbonyl (C=O) groups is 2. The van der Waals surface area contributed by atoms with E-state index in [-0.39, 0.29) is 23.0 Å². The zero-order valence-corrected chi connectivity index (χ0v) is 16.8. The number of nitrogens with one attached hydrogen (secondary N) is 1. The molecular weight excluding hydrogens is 368 g/mol. The van der Waals surface area contributed by atoms with Crippen molar-refractivity contribution in [3.05, 3.63) is 29.8 Å². The van der Waals surface area contributed by atoms with Crippen LogP contribution in [-0.4, -0.2) is 50.8 Å². The van der Waals surface area contributed by atoms with Gasteiger partial charge in [-0.25, -0.2) is 13.2 Å². The van der Waals surface area contributed by atoms with Gasteiger partial charge in [0.15, 0.2) is 6.61 Å². The van der Waals surface area contributed by atoms with Gasteiger partial charge in [-0.15, -0.1) is 0 Å². The van der Waals surface area contributed by atoms with Gasteiger partial charge >= 0.3 is 5.97 Å². The van der Waals surface area contributed by atoms with E-state index < -0.39 is 16.0 Å². The van der Waals surface area contributed by atoms with Gasteiger partial charge in [-0.3, -0.25) is 4.79 Å². The largest absolute Gasteiger partial charge is 0.452 e. The van der Waals surface area contributed by atoms with Crippen molar-refractivity contribution >= 4 is 21.9 Å². The molecule has 150 valence electrons. The molecule has 0 aliphatic carbocycles. The van der Waals surface area contributed by atoms with Crippen molar-refractivity contribution in [3.63, 3.8) is 0 Å². The second-order valence-electron chi connectivity index (χ2n) is 7.10. The van der Waals surface area contributed by atoms with Crippen LogP contribution in [0.5, 0.6) is 0 Å². The molecule has 1 heterocycles. The van der Waals surface area contributed by atoms with Crippen LogP contribution in [0.3, 0.4) is 0 Å². The van der Waals surface area contributed by atoms with Crippen molar-refractivity contribution < 1.29 is 22.7 Å². The number of benzene rings is 1. The van der Waals surface area contributed by atoms with E-state index in [2.05, 4.69) is 19.2 Å². The molecule has 27 heavy (non-hydrogen) atoms. The fraction of sp³-hybridized carbons (Fsp3) is 0.579. The van der Waals surface area contributed by atoms with E-state index >= 15 is 0 Å². The standard InChI is InChI=1S/C19H28N2O5S/c1-15(2)10-11-20-18(22)14-26-19(23)16-6-8-17(9-7-16)27(24,25)21-12-4-3-5-13-21/h6-9,15H,3-5,10-14H2,1-2H3,(H,20,22). The topological polar surface area (TPSA) is 92.8 Å². The molecule has 1 aromatic carbocycles. The van der Waals surface area contributed by atoms with Gasteiger partial charge in [0.25, 0.3) is 5.91 Å². The van der Waals surface area contributed by atoms with E-state index in [0.717, 1.165) is 25.7 Å². The number of hydrogen-bond acceptors (Lipinski definition) is 5. The van der Waals surface area contributed by atoms with Gasteiger partial charge in [-0.2, -0.15) is 4.31 Å². The van der Waals surface area contributed by atoms with Crippen LogP contribution in [-0.2, 0) is 19.6 Å². The van der Waals surface area contributed by atoms with Crippen LogP contribution in [0.15, 0.2) is 29.2 Å². The van der Waals surface area contributed by atoms with E-state index in [9.17, 15) is 18.0 Å². The monoisotopic (exact) mass is 396 g/mol. The molecule has 1 amide bonds. The maximum absolute atomic E-state index is 12.6. The SMILES string of the molecule is CC(C)CCNC(=O)COC(=O)c1ccc(S(=O)(=O)N2CCCCC2)cc1. The molecule has 1 N–H and O–H groups in total. The third kappa shape index (κ3) is 6.32. The highest BCUT2D eigenvalue weighted by molar-refractivity contribution is 7.89. The minimum absolute atomic E-state index is 0.160. The third-order valence-electron chi connectivity index (χ3n) is 4.42. The van der Waals surface area contributed by atoms with Crippen molar-refractivity contribution in [2.75, 3.05) is 26.2 Å². The van der Waals surface area contributed by atoms with Gasteiger partial charge in [-0.05, 0) is 49.4 Å². The molecule has 1 aromatic rings. The van der Waals surface area contributed by atoms with Gasteiger partial charge in [0.05, 0.1) is 10.5 Å². The molecule has 0 radical (unpaired) electrons. The van der Waals surface area contributed by atoms with Crippen molar-refractivity contribution in [2.45, 2.75) is 44.4 Å². The van der Waals surface area contributed by atoms with Crippen LogP contribution in [0.4, 0.5) is 0 Å². The average Bonchev–Trinajstić information content (AvgIpc) is 2.66. The number of nitrogens with zero attached hydrogens (tertiary/aromatic N) is 1. The van der Waals surface area contributed by atoms with E-state index in [0.29, 0.717) is 25.6 Å². The van der Waals surface area contributed by atoms with Crippen molar-refractivity contribution in [1.29, 1.82) is 0 Å². The Labute approximate surface area is 161 Å². The Morgan fingerprint density at radius 1 is 1.11 bits per heavy atom. The summed E-state index contributed by atoms with van der Waals surface area (Å²) < 4.78 is 31.6.